The van der Waals surface area contributed by atoms with Crippen LogP contribution >= 0.6 is 27.3 Å². The highest BCUT2D eigenvalue weighted by Crippen LogP contribution is 2.35. The van der Waals surface area contributed by atoms with E-state index in [4.69, 9.17) is 0 Å². The number of carbonyl (C=O) groups excluding carboxylic acids is 1. The van der Waals surface area contributed by atoms with E-state index in [2.05, 4.69) is 38.4 Å². The van der Waals surface area contributed by atoms with E-state index in [0.717, 1.165) is 10.2 Å². The molecule has 1 N–H and O–H groups in total. The van der Waals surface area contributed by atoms with Crippen molar-refractivity contribution < 1.29 is 4.79 Å². The monoisotopic (exact) mass is 377 g/mol. The quantitative estimate of drug-likeness (QED) is 0.707. The number of hydrogen-bond acceptors (Lipinski definition) is 5. The van der Waals surface area contributed by atoms with Crippen molar-refractivity contribution in [2.24, 2.45) is 0 Å². The molecule has 1 aliphatic heterocycles. The van der Waals surface area contributed by atoms with Crippen molar-refractivity contribution in [3.05, 3.63) is 45.0 Å². The second-order valence-corrected chi connectivity index (χ2v) is 7.10. The molecule has 4 heterocycles. The standard InChI is InChI=1S/C14H12BrN5OS/c1-8-6-20(17-10-2-3-22-13(8)10)14(21)11-4-12-16-5-9(15)7-19(12)18-11/h2-5,7-8,17H,6H2,1H3. The average molecular weight is 378 g/mol. The Morgan fingerprint density at radius 1 is 1.55 bits per heavy atom. The number of hydrazine groups is 1. The molecule has 1 amide bonds. The van der Waals surface area contributed by atoms with Crippen molar-refractivity contribution >= 4 is 44.5 Å². The van der Waals surface area contributed by atoms with Crippen molar-refractivity contribution in [1.82, 2.24) is 19.6 Å². The fourth-order valence-corrected chi connectivity index (χ4v) is 3.77. The van der Waals surface area contributed by atoms with Crippen LogP contribution in [0.15, 0.2) is 34.4 Å². The van der Waals surface area contributed by atoms with Gasteiger partial charge in [0.2, 0.25) is 0 Å². The number of fused-ring (bicyclic) bond motifs is 2. The lowest BCUT2D eigenvalue weighted by atomic mass is 10.1. The van der Waals surface area contributed by atoms with Crippen LogP contribution in [-0.2, 0) is 0 Å². The smallest absolute Gasteiger partial charge is 0.292 e. The predicted molar refractivity (Wildman–Crippen MR) is 88.1 cm³/mol. The van der Waals surface area contributed by atoms with Crippen molar-refractivity contribution in [2.75, 3.05) is 12.0 Å². The highest BCUT2D eigenvalue weighted by molar-refractivity contribution is 9.10. The third-order valence-corrected chi connectivity index (χ3v) is 5.16. The Morgan fingerprint density at radius 2 is 2.41 bits per heavy atom. The van der Waals surface area contributed by atoms with Crippen LogP contribution in [0.4, 0.5) is 5.69 Å². The van der Waals surface area contributed by atoms with E-state index < -0.39 is 0 Å². The Bertz CT molecular complexity index is 873. The summed E-state index contributed by atoms with van der Waals surface area (Å²) in [5.41, 5.74) is 5.20. The Hall–Kier alpha value is -1.93. The van der Waals surface area contributed by atoms with Crippen LogP contribution in [0.3, 0.4) is 0 Å². The van der Waals surface area contributed by atoms with E-state index in [-0.39, 0.29) is 5.91 Å². The van der Waals surface area contributed by atoms with Crippen molar-refractivity contribution in [3.8, 4) is 0 Å². The topological polar surface area (TPSA) is 62.5 Å². The van der Waals surface area contributed by atoms with Crippen LogP contribution in [0, 0.1) is 0 Å². The molecule has 6 nitrogen and oxygen atoms in total. The van der Waals surface area contributed by atoms with Crippen molar-refractivity contribution in [1.29, 1.82) is 0 Å². The molecule has 3 aromatic heterocycles. The molecule has 0 saturated heterocycles. The summed E-state index contributed by atoms with van der Waals surface area (Å²) >= 11 is 5.06. The highest BCUT2D eigenvalue weighted by Gasteiger charge is 2.28. The fraction of sp³-hybridized carbons (Fsp3) is 0.214. The van der Waals surface area contributed by atoms with Crippen LogP contribution in [0.5, 0.6) is 0 Å². The first-order valence-corrected chi connectivity index (χ1v) is 8.46. The van der Waals surface area contributed by atoms with Gasteiger partial charge in [0.05, 0.1) is 16.7 Å². The lowest BCUT2D eigenvalue weighted by Crippen LogP contribution is -2.41. The number of aromatic nitrogens is 3. The van der Waals surface area contributed by atoms with E-state index in [0.29, 0.717) is 23.8 Å². The number of nitrogens with one attached hydrogen (secondary N) is 1. The second kappa shape index (κ2) is 5.06. The lowest BCUT2D eigenvalue weighted by Gasteiger charge is -2.31. The molecule has 22 heavy (non-hydrogen) atoms. The number of amides is 1. The maximum atomic E-state index is 12.7. The number of carbonyl (C=O) groups is 1. The van der Waals surface area contributed by atoms with Crippen LogP contribution in [-0.4, -0.2) is 32.1 Å². The molecule has 0 aromatic carbocycles. The molecule has 0 aliphatic carbocycles. The van der Waals surface area contributed by atoms with Gasteiger partial charge in [0.25, 0.3) is 5.91 Å². The van der Waals surface area contributed by atoms with Crippen LogP contribution in [0.1, 0.15) is 28.2 Å². The minimum Gasteiger partial charge on any atom is -0.295 e. The van der Waals surface area contributed by atoms with Gasteiger partial charge in [-0.1, -0.05) is 6.92 Å². The molecule has 1 atom stereocenters. The summed E-state index contributed by atoms with van der Waals surface area (Å²) in [5.74, 6) is 0.162. The van der Waals surface area contributed by atoms with Gasteiger partial charge in [-0.25, -0.2) is 9.50 Å². The van der Waals surface area contributed by atoms with Gasteiger partial charge in [-0.05, 0) is 27.4 Å². The van der Waals surface area contributed by atoms with Gasteiger partial charge in [-0.2, -0.15) is 5.10 Å². The van der Waals surface area contributed by atoms with Gasteiger partial charge in [0.15, 0.2) is 11.3 Å². The number of anilines is 1. The Balaban J connectivity index is 1.66. The third kappa shape index (κ3) is 2.19. The Kier molecular flexibility index (Phi) is 3.16. The molecule has 0 spiro atoms. The SMILES string of the molecule is CC1CN(C(=O)c2cc3ncc(Br)cn3n2)Nc2ccsc21. The lowest BCUT2D eigenvalue weighted by molar-refractivity contribution is 0.0774. The van der Waals surface area contributed by atoms with Gasteiger partial charge in [-0.15, -0.1) is 11.3 Å². The van der Waals surface area contributed by atoms with Gasteiger partial charge in [0, 0.05) is 29.3 Å². The van der Waals surface area contributed by atoms with E-state index in [1.54, 1.807) is 39.3 Å². The summed E-state index contributed by atoms with van der Waals surface area (Å²) in [6, 6.07) is 3.70. The number of nitrogens with zero attached hydrogens (tertiary/aromatic N) is 4. The molecular weight excluding hydrogens is 366 g/mol. The van der Waals surface area contributed by atoms with Gasteiger partial charge < -0.3 is 0 Å². The number of halogens is 1. The first-order chi connectivity index (χ1) is 10.6. The summed E-state index contributed by atoms with van der Waals surface area (Å²) in [7, 11) is 0. The maximum absolute atomic E-state index is 12.7. The van der Waals surface area contributed by atoms with Gasteiger partial charge >= 0.3 is 0 Å². The zero-order valence-electron chi connectivity index (χ0n) is 11.7. The molecule has 8 heteroatoms. The molecule has 3 aromatic rings. The predicted octanol–water partition coefficient (Wildman–Crippen LogP) is 3.14. The van der Waals surface area contributed by atoms with Gasteiger partial charge in [0.1, 0.15) is 0 Å². The summed E-state index contributed by atoms with van der Waals surface area (Å²) in [6.07, 6.45) is 3.46. The first kappa shape index (κ1) is 13.7. The Morgan fingerprint density at radius 3 is 3.27 bits per heavy atom. The summed E-state index contributed by atoms with van der Waals surface area (Å²) in [6.45, 7) is 2.75. The van der Waals surface area contributed by atoms with Crippen LogP contribution < -0.4 is 5.43 Å². The largest absolute Gasteiger partial charge is 0.295 e. The zero-order chi connectivity index (χ0) is 15.3. The average Bonchev–Trinajstić information content (AvgIpc) is 3.12. The molecular formula is C14H12BrN5OS. The van der Waals surface area contributed by atoms with Crippen molar-refractivity contribution in [3.63, 3.8) is 0 Å². The number of hydrogen-bond donors (Lipinski definition) is 1. The third-order valence-electron chi connectivity index (χ3n) is 3.60. The molecule has 0 bridgehead atoms. The summed E-state index contributed by atoms with van der Waals surface area (Å²) < 4.78 is 2.41. The van der Waals surface area contributed by atoms with E-state index in [1.165, 1.54) is 4.88 Å². The molecule has 0 saturated carbocycles. The van der Waals surface area contributed by atoms with Crippen molar-refractivity contribution in [2.45, 2.75) is 12.8 Å². The normalized spacial score (nSPS) is 17.4. The summed E-state index contributed by atoms with van der Waals surface area (Å²) in [5, 5.41) is 7.97. The highest BCUT2D eigenvalue weighted by atomic mass is 79.9. The first-order valence-electron chi connectivity index (χ1n) is 6.78. The van der Waals surface area contributed by atoms with E-state index in [1.807, 2.05) is 11.4 Å². The van der Waals surface area contributed by atoms with Crippen LogP contribution in [0.2, 0.25) is 0 Å². The molecule has 1 aliphatic rings. The van der Waals surface area contributed by atoms with Crippen LogP contribution in [0.25, 0.3) is 5.65 Å². The number of rotatable bonds is 1. The Labute approximate surface area is 138 Å². The van der Waals surface area contributed by atoms with E-state index >= 15 is 0 Å². The van der Waals surface area contributed by atoms with Gasteiger partial charge in [-0.3, -0.25) is 15.2 Å². The maximum Gasteiger partial charge on any atom is 0.292 e. The minimum absolute atomic E-state index is 0.148. The summed E-state index contributed by atoms with van der Waals surface area (Å²) in [4.78, 5) is 18.2. The zero-order valence-corrected chi connectivity index (χ0v) is 14.1. The molecule has 112 valence electrons. The molecule has 1 unspecified atom stereocenters. The van der Waals surface area contributed by atoms with E-state index in [9.17, 15) is 4.79 Å². The molecule has 4 rings (SSSR count). The molecule has 0 radical (unpaired) electrons. The fourth-order valence-electron chi connectivity index (χ4n) is 2.57. The second-order valence-electron chi connectivity index (χ2n) is 5.23. The molecule has 0 fully saturated rings. The number of thiophene rings is 1. The minimum atomic E-state index is -0.148.